The molecule has 2 N–H and O–H groups in total. The van der Waals surface area contributed by atoms with E-state index in [0.29, 0.717) is 5.56 Å². The zero-order valence-electron chi connectivity index (χ0n) is 13.7. The Bertz CT molecular complexity index is 830. The van der Waals surface area contributed by atoms with Crippen molar-refractivity contribution in [2.75, 3.05) is 25.5 Å². The van der Waals surface area contributed by atoms with Crippen molar-refractivity contribution < 1.29 is 13.2 Å². The van der Waals surface area contributed by atoms with Crippen molar-refractivity contribution in [1.29, 1.82) is 0 Å². The second-order valence-corrected chi connectivity index (χ2v) is 8.76. The van der Waals surface area contributed by atoms with Crippen LogP contribution in [0.4, 0.5) is 5.13 Å². The number of rotatable bonds is 5. The number of carbonyl (C=O) groups excluding carboxylic acids is 1. The van der Waals surface area contributed by atoms with E-state index in [1.165, 1.54) is 0 Å². The zero-order valence-corrected chi connectivity index (χ0v) is 15.3. The van der Waals surface area contributed by atoms with Gasteiger partial charge in [-0.05, 0) is 45.1 Å². The van der Waals surface area contributed by atoms with Gasteiger partial charge in [-0.2, -0.15) is 0 Å². The smallest absolute Gasteiger partial charge is 0.270 e. The standard InChI is InChI=1S/C15H19N5O3S2/c1-20-9-7-12(8-10-20)19-25(22,23)15-18-17-14(24-15)16-13(21)11-5-3-2-4-6-11/h2-6,12,19H,7-10H2,1H3,(H,16,17,21). The number of benzene rings is 1. The highest BCUT2D eigenvalue weighted by molar-refractivity contribution is 7.91. The van der Waals surface area contributed by atoms with Crippen molar-refractivity contribution in [1.82, 2.24) is 19.8 Å². The summed E-state index contributed by atoms with van der Waals surface area (Å²) in [7, 11) is -1.72. The Hall–Kier alpha value is -1.88. The van der Waals surface area contributed by atoms with Crippen LogP contribution in [-0.4, -0.2) is 55.6 Å². The lowest BCUT2D eigenvalue weighted by Gasteiger charge is -2.28. The Morgan fingerprint density at radius 2 is 1.88 bits per heavy atom. The first kappa shape index (κ1) is 17.9. The van der Waals surface area contributed by atoms with Crippen molar-refractivity contribution >= 4 is 32.4 Å². The summed E-state index contributed by atoms with van der Waals surface area (Å²) in [6, 6.07) is 8.52. The van der Waals surface area contributed by atoms with E-state index >= 15 is 0 Å². The average Bonchev–Trinajstić information content (AvgIpc) is 3.07. The molecule has 0 atom stereocenters. The fourth-order valence-corrected chi connectivity index (χ4v) is 4.74. The van der Waals surface area contributed by atoms with E-state index < -0.39 is 10.0 Å². The lowest BCUT2D eigenvalue weighted by Crippen LogP contribution is -2.43. The molecule has 2 heterocycles. The molecule has 0 aliphatic carbocycles. The van der Waals surface area contributed by atoms with Gasteiger partial charge in [-0.25, -0.2) is 13.1 Å². The third-order valence-corrected chi connectivity index (χ3v) is 6.66. The number of hydrogen-bond donors (Lipinski definition) is 2. The van der Waals surface area contributed by atoms with Crippen LogP contribution >= 0.6 is 11.3 Å². The minimum Gasteiger partial charge on any atom is -0.306 e. The summed E-state index contributed by atoms with van der Waals surface area (Å²) in [5.41, 5.74) is 0.464. The highest BCUT2D eigenvalue weighted by atomic mass is 32.2. The molecule has 3 rings (SSSR count). The van der Waals surface area contributed by atoms with Gasteiger partial charge in [-0.15, -0.1) is 10.2 Å². The maximum Gasteiger partial charge on any atom is 0.270 e. The summed E-state index contributed by atoms with van der Waals surface area (Å²) >= 11 is 0.837. The highest BCUT2D eigenvalue weighted by Gasteiger charge is 2.26. The molecular formula is C15H19N5O3S2. The van der Waals surface area contributed by atoms with E-state index in [0.717, 1.165) is 37.3 Å². The van der Waals surface area contributed by atoms with Crippen LogP contribution in [-0.2, 0) is 10.0 Å². The number of carbonyl (C=O) groups is 1. The maximum absolute atomic E-state index is 12.4. The van der Waals surface area contributed by atoms with Gasteiger partial charge < -0.3 is 4.90 Å². The molecule has 0 bridgehead atoms. The Balaban J connectivity index is 1.65. The molecule has 0 unspecified atom stereocenters. The molecule has 1 aliphatic rings. The fourth-order valence-electron chi connectivity index (χ4n) is 2.52. The highest BCUT2D eigenvalue weighted by Crippen LogP contribution is 2.21. The fraction of sp³-hybridized carbons (Fsp3) is 0.400. The van der Waals surface area contributed by atoms with Crippen LogP contribution in [0.25, 0.3) is 0 Å². The van der Waals surface area contributed by atoms with Crippen LogP contribution in [0, 0.1) is 0 Å². The lowest BCUT2D eigenvalue weighted by atomic mass is 10.1. The molecule has 0 saturated carbocycles. The number of nitrogens with one attached hydrogen (secondary N) is 2. The van der Waals surface area contributed by atoms with E-state index in [9.17, 15) is 13.2 Å². The van der Waals surface area contributed by atoms with Gasteiger partial charge in [0.25, 0.3) is 15.9 Å². The number of aromatic nitrogens is 2. The topological polar surface area (TPSA) is 104 Å². The number of hydrogen-bond acceptors (Lipinski definition) is 7. The minimum atomic E-state index is -3.73. The normalized spacial score (nSPS) is 16.7. The number of amides is 1. The van der Waals surface area contributed by atoms with Gasteiger partial charge in [0, 0.05) is 11.6 Å². The van der Waals surface area contributed by atoms with Crippen LogP contribution in [0.15, 0.2) is 34.7 Å². The molecule has 1 aromatic carbocycles. The minimum absolute atomic E-state index is 0.104. The second kappa shape index (κ2) is 7.56. The first-order chi connectivity index (χ1) is 11.9. The summed E-state index contributed by atoms with van der Waals surface area (Å²) in [5, 5.41) is 10.2. The Morgan fingerprint density at radius 3 is 2.56 bits per heavy atom. The quantitative estimate of drug-likeness (QED) is 0.753. The molecule has 0 spiro atoms. The maximum atomic E-state index is 12.4. The third-order valence-electron chi connectivity index (χ3n) is 3.93. The molecule has 25 heavy (non-hydrogen) atoms. The predicted molar refractivity (Wildman–Crippen MR) is 95.1 cm³/mol. The van der Waals surface area contributed by atoms with Crippen LogP contribution in [0.2, 0.25) is 0 Å². The third kappa shape index (κ3) is 4.60. The van der Waals surface area contributed by atoms with Gasteiger partial charge in [-0.1, -0.05) is 29.5 Å². The number of sulfonamides is 1. The first-order valence-electron chi connectivity index (χ1n) is 7.85. The predicted octanol–water partition coefficient (Wildman–Crippen LogP) is 1.16. The molecule has 8 nitrogen and oxygen atoms in total. The van der Waals surface area contributed by atoms with Gasteiger partial charge in [0.2, 0.25) is 9.47 Å². The number of anilines is 1. The molecule has 1 aromatic heterocycles. The van der Waals surface area contributed by atoms with E-state index in [2.05, 4.69) is 25.1 Å². The van der Waals surface area contributed by atoms with Crippen LogP contribution in [0.3, 0.4) is 0 Å². The molecule has 1 aliphatic heterocycles. The van der Waals surface area contributed by atoms with Crippen molar-refractivity contribution in [3.05, 3.63) is 35.9 Å². The zero-order chi connectivity index (χ0) is 17.9. The monoisotopic (exact) mass is 381 g/mol. The van der Waals surface area contributed by atoms with Gasteiger partial charge in [0.05, 0.1) is 0 Å². The SMILES string of the molecule is CN1CCC(NS(=O)(=O)c2nnc(NC(=O)c3ccccc3)s2)CC1. The lowest BCUT2D eigenvalue weighted by molar-refractivity contribution is 0.102. The summed E-state index contributed by atoms with van der Waals surface area (Å²) < 4.78 is 27.4. The largest absolute Gasteiger partial charge is 0.306 e. The number of nitrogens with zero attached hydrogens (tertiary/aromatic N) is 3. The summed E-state index contributed by atoms with van der Waals surface area (Å²) in [5.74, 6) is -0.357. The van der Waals surface area contributed by atoms with Crippen LogP contribution < -0.4 is 10.0 Å². The van der Waals surface area contributed by atoms with Gasteiger partial charge in [0.15, 0.2) is 0 Å². The van der Waals surface area contributed by atoms with Gasteiger partial charge in [-0.3, -0.25) is 10.1 Å². The van der Waals surface area contributed by atoms with E-state index in [1.807, 2.05) is 7.05 Å². The van der Waals surface area contributed by atoms with E-state index in [1.54, 1.807) is 30.3 Å². The average molecular weight is 381 g/mol. The Kier molecular flexibility index (Phi) is 5.42. The molecular weight excluding hydrogens is 362 g/mol. The summed E-state index contributed by atoms with van der Waals surface area (Å²) in [4.78, 5) is 14.2. The number of piperidine rings is 1. The molecule has 1 saturated heterocycles. The van der Waals surface area contributed by atoms with Crippen molar-refractivity contribution in [3.63, 3.8) is 0 Å². The molecule has 1 fully saturated rings. The Morgan fingerprint density at radius 1 is 1.20 bits per heavy atom. The molecule has 134 valence electrons. The summed E-state index contributed by atoms with van der Waals surface area (Å²) in [6.07, 6.45) is 1.51. The van der Waals surface area contributed by atoms with Crippen LogP contribution in [0.1, 0.15) is 23.2 Å². The second-order valence-electron chi connectivity index (χ2n) is 5.89. The molecule has 0 radical (unpaired) electrons. The van der Waals surface area contributed by atoms with Gasteiger partial charge in [0.1, 0.15) is 0 Å². The molecule has 10 heteroatoms. The van der Waals surface area contributed by atoms with Gasteiger partial charge >= 0.3 is 0 Å². The van der Waals surface area contributed by atoms with E-state index in [-0.39, 0.29) is 21.4 Å². The molecule has 1 amide bonds. The van der Waals surface area contributed by atoms with E-state index in [4.69, 9.17) is 0 Å². The van der Waals surface area contributed by atoms with Crippen molar-refractivity contribution in [3.8, 4) is 0 Å². The van der Waals surface area contributed by atoms with Crippen molar-refractivity contribution in [2.24, 2.45) is 0 Å². The summed E-state index contributed by atoms with van der Waals surface area (Å²) in [6.45, 7) is 1.70. The van der Waals surface area contributed by atoms with Crippen molar-refractivity contribution in [2.45, 2.75) is 23.2 Å². The number of likely N-dealkylation sites (tertiary alicyclic amines) is 1. The Labute approximate surface area is 150 Å². The van der Waals surface area contributed by atoms with Crippen LogP contribution in [0.5, 0.6) is 0 Å². The first-order valence-corrected chi connectivity index (χ1v) is 10.1. The molecule has 2 aromatic rings.